The molecule has 0 aliphatic carbocycles. The topological polar surface area (TPSA) is 150 Å². The molecule has 5 N–H and O–H groups in total. The van der Waals surface area contributed by atoms with E-state index >= 15 is 0 Å². The normalized spacial score (nSPS) is 11.9. The van der Waals surface area contributed by atoms with Gasteiger partial charge in [0.1, 0.15) is 28.2 Å². The molecule has 0 saturated carbocycles. The number of primary amides is 1. The maximum absolute atomic E-state index is 14.2. The van der Waals surface area contributed by atoms with Gasteiger partial charge in [0.2, 0.25) is 5.91 Å². The molecule has 0 saturated heterocycles. The van der Waals surface area contributed by atoms with Gasteiger partial charge in [0.15, 0.2) is 5.69 Å². The molecular formula is C26H30FN5O5S. The lowest BCUT2D eigenvalue weighted by atomic mass is 9.98. The zero-order valence-electron chi connectivity index (χ0n) is 21.7. The van der Waals surface area contributed by atoms with Crippen molar-refractivity contribution in [3.8, 4) is 11.5 Å². The maximum Gasteiger partial charge on any atom is 0.273 e. The van der Waals surface area contributed by atoms with Crippen LogP contribution in [-0.4, -0.2) is 41.9 Å². The number of nitrogens with two attached hydrogens (primary N) is 2. The number of aromatic nitrogens is 1. The Morgan fingerprint density at radius 1 is 1.13 bits per heavy atom. The highest BCUT2D eigenvalue weighted by Gasteiger charge is 2.38. The fourth-order valence-electron chi connectivity index (χ4n) is 3.64. The molecule has 2 aromatic carbocycles. The number of hydrogen-bond acceptors (Lipinski definition) is 8. The number of halogens is 1. The lowest BCUT2D eigenvalue weighted by molar-refractivity contribution is -0.124. The number of methoxy groups -OCH3 is 2. The van der Waals surface area contributed by atoms with Crippen molar-refractivity contribution in [1.82, 2.24) is 9.69 Å². The maximum atomic E-state index is 14.2. The van der Waals surface area contributed by atoms with E-state index in [9.17, 15) is 18.8 Å². The zero-order valence-corrected chi connectivity index (χ0v) is 22.5. The summed E-state index contributed by atoms with van der Waals surface area (Å²) >= 11 is 0.677. The van der Waals surface area contributed by atoms with Crippen LogP contribution in [0.15, 0.2) is 42.5 Å². The number of nitrogens with one attached hydrogen (secondary N) is 1. The van der Waals surface area contributed by atoms with E-state index in [4.69, 9.17) is 20.9 Å². The highest BCUT2D eigenvalue weighted by atomic mass is 32.1. The number of anilines is 2. The van der Waals surface area contributed by atoms with Crippen LogP contribution in [-0.2, 0) is 4.79 Å². The average molecular weight is 544 g/mol. The summed E-state index contributed by atoms with van der Waals surface area (Å²) in [6.45, 7) is 5.59. The third-order valence-electron chi connectivity index (χ3n) is 6.06. The fraction of sp³-hybridized carbons (Fsp3) is 0.308. The monoisotopic (exact) mass is 543 g/mol. The van der Waals surface area contributed by atoms with Crippen molar-refractivity contribution < 1.29 is 28.2 Å². The van der Waals surface area contributed by atoms with Gasteiger partial charge < -0.3 is 26.3 Å². The van der Waals surface area contributed by atoms with Crippen LogP contribution in [0.5, 0.6) is 11.5 Å². The van der Waals surface area contributed by atoms with Crippen molar-refractivity contribution in [1.29, 1.82) is 0 Å². The van der Waals surface area contributed by atoms with Gasteiger partial charge in [-0.3, -0.25) is 19.3 Å². The number of hydrogen-bond donors (Lipinski definition) is 3. The zero-order chi connectivity index (χ0) is 28.2. The molecule has 10 nitrogen and oxygen atoms in total. The van der Waals surface area contributed by atoms with Crippen molar-refractivity contribution in [2.75, 3.05) is 24.9 Å². The molecule has 0 radical (unpaired) electrons. The molecule has 0 bridgehead atoms. The molecule has 3 aromatic rings. The van der Waals surface area contributed by atoms with E-state index in [0.717, 1.165) is 0 Å². The molecule has 202 valence electrons. The van der Waals surface area contributed by atoms with Crippen molar-refractivity contribution in [3.63, 3.8) is 0 Å². The van der Waals surface area contributed by atoms with Gasteiger partial charge in [0.25, 0.3) is 11.8 Å². The number of nitrogens with zero attached hydrogens (tertiary/aromatic N) is 2. The molecule has 0 fully saturated rings. The number of carbonyl (C=O) groups is 3. The first-order valence-electron chi connectivity index (χ1n) is 11.6. The molecule has 1 atom stereocenters. The van der Waals surface area contributed by atoms with Crippen LogP contribution in [0.3, 0.4) is 0 Å². The minimum atomic E-state index is -1.30. The quantitative estimate of drug-likeness (QED) is 0.353. The van der Waals surface area contributed by atoms with Crippen LogP contribution in [0.4, 0.5) is 15.8 Å². The van der Waals surface area contributed by atoms with E-state index in [1.54, 1.807) is 18.2 Å². The summed E-state index contributed by atoms with van der Waals surface area (Å²) in [6, 6.07) is 8.63. The highest BCUT2D eigenvalue weighted by molar-refractivity contribution is 7.09. The Kier molecular flexibility index (Phi) is 8.56. The predicted octanol–water partition coefficient (Wildman–Crippen LogP) is 3.67. The summed E-state index contributed by atoms with van der Waals surface area (Å²) in [5.74, 6) is -2.03. The first-order valence-corrected chi connectivity index (χ1v) is 12.4. The van der Waals surface area contributed by atoms with Gasteiger partial charge in [-0.2, -0.15) is 4.37 Å². The van der Waals surface area contributed by atoms with Crippen LogP contribution in [0.2, 0.25) is 0 Å². The summed E-state index contributed by atoms with van der Waals surface area (Å²) in [5, 5.41) is 2.96. The minimum Gasteiger partial charge on any atom is -0.497 e. The Balaban J connectivity index is 2.31. The molecule has 38 heavy (non-hydrogen) atoms. The van der Waals surface area contributed by atoms with E-state index in [1.807, 2.05) is 20.8 Å². The van der Waals surface area contributed by atoms with Gasteiger partial charge in [0, 0.05) is 11.6 Å². The van der Waals surface area contributed by atoms with Gasteiger partial charge in [-0.1, -0.05) is 19.1 Å². The Hall–Kier alpha value is -4.19. The second kappa shape index (κ2) is 11.5. The number of amides is 3. The van der Waals surface area contributed by atoms with Crippen molar-refractivity contribution in [2.24, 2.45) is 5.73 Å². The summed E-state index contributed by atoms with van der Waals surface area (Å²) in [7, 11) is 2.88. The molecule has 3 rings (SSSR count). The van der Waals surface area contributed by atoms with E-state index < -0.39 is 35.1 Å². The fourth-order valence-corrected chi connectivity index (χ4v) is 4.38. The largest absolute Gasteiger partial charge is 0.497 e. The second-order valence-corrected chi connectivity index (χ2v) is 9.81. The van der Waals surface area contributed by atoms with Gasteiger partial charge in [0.05, 0.1) is 25.6 Å². The summed E-state index contributed by atoms with van der Waals surface area (Å²) in [4.78, 5) is 40.9. The molecule has 1 aromatic heterocycles. The Bertz CT molecular complexity index is 1340. The first-order chi connectivity index (χ1) is 17.9. The number of carbonyl (C=O) groups excluding carboxylic acids is 3. The van der Waals surface area contributed by atoms with Crippen molar-refractivity contribution in [3.05, 3.63) is 64.4 Å². The summed E-state index contributed by atoms with van der Waals surface area (Å²) in [5.41, 5.74) is 10.9. The van der Waals surface area contributed by atoms with Gasteiger partial charge in [-0.05, 0) is 61.6 Å². The third kappa shape index (κ3) is 5.86. The molecule has 0 unspecified atom stereocenters. The van der Waals surface area contributed by atoms with Crippen LogP contribution in [0.1, 0.15) is 59.0 Å². The smallest absolute Gasteiger partial charge is 0.273 e. The second-order valence-electron chi connectivity index (χ2n) is 9.03. The Morgan fingerprint density at radius 2 is 1.79 bits per heavy atom. The van der Waals surface area contributed by atoms with Gasteiger partial charge in [-0.25, -0.2) is 4.39 Å². The molecular weight excluding hydrogens is 513 g/mol. The minimum absolute atomic E-state index is 0.105. The first kappa shape index (κ1) is 28.4. The molecule has 0 spiro atoms. The number of ether oxygens (including phenoxy) is 2. The summed E-state index contributed by atoms with van der Waals surface area (Å²) in [6.07, 6.45) is 0.596. The van der Waals surface area contributed by atoms with Crippen LogP contribution in [0, 0.1) is 5.82 Å². The van der Waals surface area contributed by atoms with E-state index in [-0.39, 0.29) is 27.7 Å². The summed E-state index contributed by atoms with van der Waals surface area (Å²) < 4.78 is 28.7. The standard InChI is InChI=1S/C26H30FN5O5S/c1-6-26(2,3)30-24(34)21(14-7-9-15(27)10-8-14)32(17-12-11-16(36-4)13-18(17)37-5)25(35)22-19(28)20(23(29)33)31-38-22/h7-13,21H,6,28H2,1-5H3,(H2,29,33)(H,30,34)/t21-/m1/s1. The molecule has 3 amide bonds. The van der Waals surface area contributed by atoms with E-state index in [2.05, 4.69) is 9.69 Å². The highest BCUT2D eigenvalue weighted by Crippen LogP contribution is 2.40. The van der Waals surface area contributed by atoms with E-state index in [0.29, 0.717) is 29.3 Å². The van der Waals surface area contributed by atoms with Gasteiger partial charge in [-0.15, -0.1) is 0 Å². The van der Waals surface area contributed by atoms with Crippen LogP contribution in [0.25, 0.3) is 0 Å². The Labute approximate surface area is 223 Å². The van der Waals surface area contributed by atoms with E-state index in [1.165, 1.54) is 43.4 Å². The average Bonchev–Trinajstić information content (AvgIpc) is 3.28. The van der Waals surface area contributed by atoms with Crippen molar-refractivity contribution >= 4 is 40.6 Å². The van der Waals surface area contributed by atoms with Crippen LogP contribution < -0.4 is 31.2 Å². The predicted molar refractivity (Wildman–Crippen MR) is 143 cm³/mol. The lowest BCUT2D eigenvalue weighted by Crippen LogP contribution is -2.50. The molecule has 12 heteroatoms. The SMILES string of the molecule is CCC(C)(C)NC(=O)[C@@H](c1ccc(F)cc1)N(C(=O)c1snc(C(N)=O)c1N)c1ccc(OC)cc1OC. The molecule has 0 aliphatic rings. The van der Waals surface area contributed by atoms with Crippen LogP contribution >= 0.6 is 11.5 Å². The number of benzene rings is 2. The Morgan fingerprint density at radius 3 is 2.32 bits per heavy atom. The van der Waals surface area contributed by atoms with Gasteiger partial charge >= 0.3 is 0 Å². The third-order valence-corrected chi connectivity index (χ3v) is 6.91. The molecule has 0 aliphatic heterocycles. The lowest BCUT2D eigenvalue weighted by Gasteiger charge is -2.35. The number of nitrogen functional groups attached to an aromatic ring is 1. The number of rotatable bonds is 10. The molecule has 1 heterocycles. The van der Waals surface area contributed by atoms with Crippen molar-refractivity contribution in [2.45, 2.75) is 38.8 Å².